The maximum atomic E-state index is 12.3. The van der Waals surface area contributed by atoms with Gasteiger partial charge in [0.25, 0.3) is 0 Å². The lowest BCUT2D eigenvalue weighted by molar-refractivity contribution is -0.128. The van der Waals surface area contributed by atoms with E-state index in [1.165, 1.54) is 38.5 Å². The molecule has 4 saturated carbocycles. The van der Waals surface area contributed by atoms with E-state index in [0.717, 1.165) is 17.8 Å². The third-order valence-electron chi connectivity index (χ3n) is 5.48. The van der Waals surface area contributed by atoms with Gasteiger partial charge in [-0.05, 0) is 56.3 Å². The Morgan fingerprint density at radius 3 is 1.94 bits per heavy atom. The summed E-state index contributed by atoms with van der Waals surface area (Å²) in [4.78, 5) is 12.3. The second-order valence-electron chi connectivity index (χ2n) is 6.98. The number of amides is 1. The van der Waals surface area contributed by atoms with E-state index in [4.69, 9.17) is 0 Å². The SMILES string of the molecule is O=C(NC12CC3CC(CC(C3)C1)C2)C1C=CC=C1. The molecule has 18 heavy (non-hydrogen) atoms. The number of allylic oxidation sites excluding steroid dienone is 2. The summed E-state index contributed by atoms with van der Waals surface area (Å²) in [5, 5.41) is 3.43. The summed E-state index contributed by atoms with van der Waals surface area (Å²) in [5.41, 5.74) is 0.163. The van der Waals surface area contributed by atoms with Crippen molar-refractivity contribution >= 4 is 5.91 Å². The van der Waals surface area contributed by atoms with E-state index in [1.54, 1.807) is 0 Å². The zero-order valence-corrected chi connectivity index (χ0v) is 10.8. The Morgan fingerprint density at radius 2 is 1.44 bits per heavy atom. The lowest BCUT2D eigenvalue weighted by atomic mass is 9.53. The molecule has 0 radical (unpaired) electrons. The highest BCUT2D eigenvalue weighted by Gasteiger charge is 2.51. The normalized spacial score (nSPS) is 44.8. The van der Waals surface area contributed by atoms with Gasteiger partial charge in [0.05, 0.1) is 5.92 Å². The first-order valence-corrected chi connectivity index (χ1v) is 7.39. The molecule has 0 saturated heterocycles. The molecule has 4 bridgehead atoms. The third kappa shape index (κ3) is 1.65. The standard InChI is InChI=1S/C16H21NO/c18-15(14-3-1-2-4-14)17-16-8-11-5-12(9-16)7-13(6-11)10-16/h1-4,11-14H,5-10H2,(H,17,18). The Kier molecular flexibility index (Phi) is 2.24. The molecule has 0 aromatic heterocycles. The van der Waals surface area contributed by atoms with Crippen LogP contribution in [0.15, 0.2) is 24.3 Å². The third-order valence-corrected chi connectivity index (χ3v) is 5.48. The van der Waals surface area contributed by atoms with Crippen molar-refractivity contribution in [3.05, 3.63) is 24.3 Å². The zero-order chi connectivity index (χ0) is 12.2. The molecule has 5 aliphatic carbocycles. The summed E-state index contributed by atoms with van der Waals surface area (Å²) in [7, 11) is 0. The van der Waals surface area contributed by atoms with E-state index in [0.29, 0.717) is 0 Å². The highest BCUT2D eigenvalue weighted by atomic mass is 16.2. The zero-order valence-electron chi connectivity index (χ0n) is 10.8. The molecule has 0 aliphatic heterocycles. The highest BCUT2D eigenvalue weighted by molar-refractivity contribution is 5.83. The fourth-order valence-electron chi connectivity index (χ4n) is 5.22. The molecule has 0 heterocycles. The van der Waals surface area contributed by atoms with Gasteiger partial charge >= 0.3 is 0 Å². The van der Waals surface area contributed by atoms with Crippen LogP contribution in [0.1, 0.15) is 38.5 Å². The van der Waals surface area contributed by atoms with Crippen LogP contribution in [-0.4, -0.2) is 11.4 Å². The molecule has 4 fully saturated rings. The van der Waals surface area contributed by atoms with E-state index in [-0.39, 0.29) is 17.4 Å². The van der Waals surface area contributed by atoms with Gasteiger partial charge in [-0.3, -0.25) is 4.79 Å². The van der Waals surface area contributed by atoms with E-state index >= 15 is 0 Å². The average Bonchev–Trinajstić information content (AvgIpc) is 2.79. The summed E-state index contributed by atoms with van der Waals surface area (Å²) in [6.45, 7) is 0. The molecule has 0 aromatic carbocycles. The molecule has 2 nitrogen and oxygen atoms in total. The van der Waals surface area contributed by atoms with Gasteiger partial charge in [0.1, 0.15) is 0 Å². The molecule has 2 heteroatoms. The van der Waals surface area contributed by atoms with Crippen LogP contribution < -0.4 is 5.32 Å². The van der Waals surface area contributed by atoms with Crippen molar-refractivity contribution in [2.24, 2.45) is 23.7 Å². The predicted molar refractivity (Wildman–Crippen MR) is 70.8 cm³/mol. The molecule has 1 amide bonds. The van der Waals surface area contributed by atoms with Gasteiger partial charge in [-0.1, -0.05) is 24.3 Å². The number of carbonyl (C=O) groups is 1. The topological polar surface area (TPSA) is 29.1 Å². The number of rotatable bonds is 2. The van der Waals surface area contributed by atoms with E-state index in [2.05, 4.69) is 5.32 Å². The molecule has 0 atom stereocenters. The van der Waals surface area contributed by atoms with E-state index < -0.39 is 0 Å². The number of hydrogen-bond acceptors (Lipinski definition) is 1. The molecule has 5 aliphatic rings. The van der Waals surface area contributed by atoms with E-state index in [9.17, 15) is 4.79 Å². The van der Waals surface area contributed by atoms with Crippen LogP contribution in [0.25, 0.3) is 0 Å². The fraction of sp³-hybridized carbons (Fsp3) is 0.688. The minimum Gasteiger partial charge on any atom is -0.350 e. The second kappa shape index (κ2) is 3.72. The van der Waals surface area contributed by atoms with Crippen molar-refractivity contribution in [3.8, 4) is 0 Å². The van der Waals surface area contributed by atoms with E-state index in [1.807, 2.05) is 24.3 Å². The van der Waals surface area contributed by atoms with Crippen LogP contribution >= 0.6 is 0 Å². The summed E-state index contributed by atoms with van der Waals surface area (Å²) < 4.78 is 0. The van der Waals surface area contributed by atoms with Crippen molar-refractivity contribution in [1.82, 2.24) is 5.32 Å². The molecular weight excluding hydrogens is 222 g/mol. The van der Waals surface area contributed by atoms with Crippen molar-refractivity contribution in [1.29, 1.82) is 0 Å². The molecule has 0 aromatic rings. The first kappa shape index (κ1) is 10.8. The van der Waals surface area contributed by atoms with Crippen molar-refractivity contribution < 1.29 is 4.79 Å². The van der Waals surface area contributed by atoms with Crippen LogP contribution in [0.4, 0.5) is 0 Å². The fourth-order valence-corrected chi connectivity index (χ4v) is 5.22. The molecule has 0 unspecified atom stereocenters. The van der Waals surface area contributed by atoms with Crippen molar-refractivity contribution in [2.45, 2.75) is 44.1 Å². The Balaban J connectivity index is 1.52. The molecular formula is C16H21NO. The Hall–Kier alpha value is -1.05. The molecule has 96 valence electrons. The number of carbonyl (C=O) groups excluding carboxylic acids is 1. The second-order valence-corrected chi connectivity index (χ2v) is 6.98. The quantitative estimate of drug-likeness (QED) is 0.794. The van der Waals surface area contributed by atoms with Crippen LogP contribution in [0.2, 0.25) is 0 Å². The minimum atomic E-state index is -0.0157. The first-order valence-electron chi connectivity index (χ1n) is 7.39. The van der Waals surface area contributed by atoms with Crippen LogP contribution in [-0.2, 0) is 4.79 Å². The summed E-state index contributed by atoms with van der Waals surface area (Å²) in [6.07, 6.45) is 16.0. The van der Waals surface area contributed by atoms with Crippen molar-refractivity contribution in [3.63, 3.8) is 0 Å². The van der Waals surface area contributed by atoms with Gasteiger partial charge in [0.2, 0.25) is 5.91 Å². The maximum Gasteiger partial charge on any atom is 0.231 e. The molecule has 5 rings (SSSR count). The summed E-state index contributed by atoms with van der Waals surface area (Å²) >= 11 is 0. The number of nitrogens with one attached hydrogen (secondary N) is 1. The van der Waals surface area contributed by atoms with Crippen LogP contribution in [0.5, 0.6) is 0 Å². The van der Waals surface area contributed by atoms with Gasteiger partial charge in [-0.15, -0.1) is 0 Å². The number of hydrogen-bond donors (Lipinski definition) is 1. The predicted octanol–water partition coefficient (Wildman–Crippen LogP) is 2.81. The van der Waals surface area contributed by atoms with Gasteiger partial charge in [-0.2, -0.15) is 0 Å². The van der Waals surface area contributed by atoms with Crippen LogP contribution in [0, 0.1) is 23.7 Å². The lowest BCUT2D eigenvalue weighted by Gasteiger charge is -2.57. The first-order chi connectivity index (χ1) is 8.72. The smallest absolute Gasteiger partial charge is 0.231 e. The lowest BCUT2D eigenvalue weighted by Crippen LogP contribution is -2.60. The highest BCUT2D eigenvalue weighted by Crippen LogP contribution is 2.55. The Bertz CT molecular complexity index is 387. The minimum absolute atomic E-state index is 0.0157. The van der Waals surface area contributed by atoms with Crippen molar-refractivity contribution in [2.75, 3.05) is 0 Å². The monoisotopic (exact) mass is 243 g/mol. The molecule has 0 spiro atoms. The average molecular weight is 243 g/mol. The maximum absolute atomic E-state index is 12.3. The Labute approximate surface area is 109 Å². The van der Waals surface area contributed by atoms with Gasteiger partial charge in [0.15, 0.2) is 0 Å². The van der Waals surface area contributed by atoms with Gasteiger partial charge < -0.3 is 5.32 Å². The summed E-state index contributed by atoms with van der Waals surface area (Å²) in [5.74, 6) is 2.89. The van der Waals surface area contributed by atoms with Gasteiger partial charge in [-0.25, -0.2) is 0 Å². The summed E-state index contributed by atoms with van der Waals surface area (Å²) in [6, 6.07) is 0. The largest absolute Gasteiger partial charge is 0.350 e. The Morgan fingerprint density at radius 1 is 0.944 bits per heavy atom. The van der Waals surface area contributed by atoms with Crippen LogP contribution in [0.3, 0.4) is 0 Å². The van der Waals surface area contributed by atoms with Gasteiger partial charge in [0, 0.05) is 5.54 Å². The molecule has 1 N–H and O–H groups in total.